The topological polar surface area (TPSA) is 30.3 Å². The Labute approximate surface area is 116 Å². The van der Waals surface area contributed by atoms with Crippen molar-refractivity contribution < 1.29 is 0 Å². The number of nitrogens with zero attached hydrogens (tertiary/aromatic N) is 3. The first-order chi connectivity index (χ1) is 9.19. The highest BCUT2D eigenvalue weighted by molar-refractivity contribution is 5.61. The van der Waals surface area contributed by atoms with Gasteiger partial charge in [0.2, 0.25) is 0 Å². The number of anilines is 1. The van der Waals surface area contributed by atoms with Crippen LogP contribution in [-0.2, 0) is 0 Å². The molecular formula is C16H23N3. The minimum absolute atomic E-state index is 0.628. The van der Waals surface area contributed by atoms with Gasteiger partial charge in [-0.3, -0.25) is 4.90 Å². The summed E-state index contributed by atoms with van der Waals surface area (Å²) in [6.45, 7) is 10.8. The Hall–Kier alpha value is -1.53. The van der Waals surface area contributed by atoms with Gasteiger partial charge in [0.1, 0.15) is 6.07 Å². The molecule has 0 bridgehead atoms. The lowest BCUT2D eigenvalue weighted by molar-refractivity contribution is 0.232. The standard InChI is InChI=1S/C16H23N3/c1-4-18(5-2)15-8-9-19(12-15)16-7-6-13(3)10-14(16)11-17/h6-7,10,15H,4-5,8-9,12H2,1-3H3. The Balaban J connectivity index is 2.15. The predicted octanol–water partition coefficient (Wildman–Crippen LogP) is 2.79. The van der Waals surface area contributed by atoms with Gasteiger partial charge in [-0.1, -0.05) is 19.9 Å². The van der Waals surface area contributed by atoms with Crippen molar-refractivity contribution in [1.82, 2.24) is 4.90 Å². The summed E-state index contributed by atoms with van der Waals surface area (Å²) in [6.07, 6.45) is 1.19. The molecule has 0 saturated carbocycles. The third-order valence-electron chi connectivity index (χ3n) is 4.11. The molecule has 0 amide bonds. The summed E-state index contributed by atoms with van der Waals surface area (Å²) in [7, 11) is 0. The van der Waals surface area contributed by atoms with Crippen LogP contribution in [0, 0.1) is 18.3 Å². The number of hydrogen-bond donors (Lipinski definition) is 0. The van der Waals surface area contributed by atoms with E-state index >= 15 is 0 Å². The maximum absolute atomic E-state index is 9.28. The molecule has 1 aliphatic heterocycles. The fraction of sp³-hybridized carbons (Fsp3) is 0.562. The molecule has 1 aromatic rings. The third kappa shape index (κ3) is 2.90. The Morgan fingerprint density at radius 2 is 2.11 bits per heavy atom. The fourth-order valence-corrected chi connectivity index (χ4v) is 3.01. The van der Waals surface area contributed by atoms with E-state index in [1.54, 1.807) is 0 Å². The molecule has 1 aliphatic rings. The maximum atomic E-state index is 9.28. The van der Waals surface area contributed by atoms with Crippen LogP contribution in [0.2, 0.25) is 0 Å². The summed E-state index contributed by atoms with van der Waals surface area (Å²) >= 11 is 0. The van der Waals surface area contributed by atoms with Crippen LogP contribution in [0.3, 0.4) is 0 Å². The minimum Gasteiger partial charge on any atom is -0.369 e. The second kappa shape index (κ2) is 6.08. The fourth-order valence-electron chi connectivity index (χ4n) is 3.01. The highest BCUT2D eigenvalue weighted by Crippen LogP contribution is 2.26. The van der Waals surface area contributed by atoms with Crippen LogP contribution in [0.25, 0.3) is 0 Å². The van der Waals surface area contributed by atoms with Gasteiger partial charge < -0.3 is 4.90 Å². The molecule has 1 fully saturated rings. The van der Waals surface area contributed by atoms with Crippen molar-refractivity contribution in [2.45, 2.75) is 33.2 Å². The van der Waals surface area contributed by atoms with Gasteiger partial charge in [0.05, 0.1) is 11.3 Å². The van der Waals surface area contributed by atoms with E-state index in [0.29, 0.717) is 6.04 Å². The highest BCUT2D eigenvalue weighted by Gasteiger charge is 2.27. The zero-order chi connectivity index (χ0) is 13.8. The number of nitriles is 1. The van der Waals surface area contributed by atoms with E-state index in [2.05, 4.69) is 41.8 Å². The summed E-state index contributed by atoms with van der Waals surface area (Å²) in [5, 5.41) is 9.28. The lowest BCUT2D eigenvalue weighted by atomic mass is 10.1. The van der Waals surface area contributed by atoms with Crippen molar-refractivity contribution in [3.05, 3.63) is 29.3 Å². The Morgan fingerprint density at radius 1 is 1.37 bits per heavy atom. The Bertz CT molecular complexity index is 471. The molecule has 3 nitrogen and oxygen atoms in total. The molecule has 1 saturated heterocycles. The maximum Gasteiger partial charge on any atom is 0.101 e. The summed E-state index contributed by atoms with van der Waals surface area (Å²) in [5.74, 6) is 0. The number of benzene rings is 1. The Kier molecular flexibility index (Phi) is 4.44. The average molecular weight is 257 g/mol. The van der Waals surface area contributed by atoms with Gasteiger partial charge in [0.25, 0.3) is 0 Å². The van der Waals surface area contributed by atoms with E-state index in [4.69, 9.17) is 0 Å². The van der Waals surface area contributed by atoms with Gasteiger partial charge in [-0.25, -0.2) is 0 Å². The molecule has 1 atom stereocenters. The van der Waals surface area contributed by atoms with Crippen molar-refractivity contribution in [2.75, 3.05) is 31.1 Å². The lowest BCUT2D eigenvalue weighted by Crippen LogP contribution is -2.37. The molecule has 1 aromatic carbocycles. The SMILES string of the molecule is CCN(CC)C1CCN(c2ccc(C)cc2C#N)C1. The highest BCUT2D eigenvalue weighted by atomic mass is 15.2. The summed E-state index contributed by atoms with van der Waals surface area (Å²) in [6, 6.07) is 9.14. The van der Waals surface area contributed by atoms with Gasteiger partial charge in [0, 0.05) is 19.1 Å². The van der Waals surface area contributed by atoms with Crippen molar-refractivity contribution >= 4 is 5.69 Å². The summed E-state index contributed by atoms with van der Waals surface area (Å²) < 4.78 is 0. The summed E-state index contributed by atoms with van der Waals surface area (Å²) in [4.78, 5) is 4.88. The molecule has 1 unspecified atom stereocenters. The van der Waals surface area contributed by atoms with Crippen molar-refractivity contribution in [3.63, 3.8) is 0 Å². The zero-order valence-electron chi connectivity index (χ0n) is 12.2. The van der Waals surface area contributed by atoms with Gasteiger partial charge in [-0.15, -0.1) is 0 Å². The third-order valence-corrected chi connectivity index (χ3v) is 4.11. The van der Waals surface area contributed by atoms with Gasteiger partial charge in [-0.05, 0) is 44.1 Å². The van der Waals surface area contributed by atoms with E-state index in [-0.39, 0.29) is 0 Å². The van der Waals surface area contributed by atoms with E-state index in [1.165, 1.54) is 6.42 Å². The summed E-state index contributed by atoms with van der Waals surface area (Å²) in [5.41, 5.74) is 3.06. The molecule has 3 heteroatoms. The van der Waals surface area contributed by atoms with E-state index in [0.717, 1.165) is 43.0 Å². The first-order valence-corrected chi connectivity index (χ1v) is 7.19. The number of rotatable bonds is 4. The largest absolute Gasteiger partial charge is 0.369 e. The second-order valence-electron chi connectivity index (χ2n) is 5.24. The average Bonchev–Trinajstić information content (AvgIpc) is 2.89. The van der Waals surface area contributed by atoms with Crippen molar-refractivity contribution in [2.24, 2.45) is 0 Å². The molecule has 0 aliphatic carbocycles. The predicted molar refractivity (Wildman–Crippen MR) is 79.4 cm³/mol. The molecule has 0 radical (unpaired) electrons. The van der Waals surface area contributed by atoms with E-state index in [1.807, 2.05) is 13.0 Å². The quantitative estimate of drug-likeness (QED) is 0.831. The minimum atomic E-state index is 0.628. The molecule has 102 valence electrons. The first kappa shape index (κ1) is 13.9. The van der Waals surface area contributed by atoms with Crippen LogP contribution in [-0.4, -0.2) is 37.1 Å². The molecule has 0 N–H and O–H groups in total. The molecule has 0 aromatic heterocycles. The smallest absolute Gasteiger partial charge is 0.101 e. The first-order valence-electron chi connectivity index (χ1n) is 7.19. The van der Waals surface area contributed by atoms with Gasteiger partial charge >= 0.3 is 0 Å². The van der Waals surface area contributed by atoms with Crippen LogP contribution >= 0.6 is 0 Å². The molecule has 2 rings (SSSR count). The van der Waals surface area contributed by atoms with Crippen molar-refractivity contribution in [1.29, 1.82) is 5.26 Å². The van der Waals surface area contributed by atoms with Crippen LogP contribution in [0.5, 0.6) is 0 Å². The van der Waals surface area contributed by atoms with Crippen LogP contribution in [0.1, 0.15) is 31.4 Å². The van der Waals surface area contributed by atoms with Crippen molar-refractivity contribution in [3.8, 4) is 6.07 Å². The van der Waals surface area contributed by atoms with E-state index < -0.39 is 0 Å². The van der Waals surface area contributed by atoms with Crippen LogP contribution in [0.4, 0.5) is 5.69 Å². The number of hydrogen-bond acceptors (Lipinski definition) is 3. The normalized spacial score (nSPS) is 18.9. The molecular weight excluding hydrogens is 234 g/mol. The zero-order valence-corrected chi connectivity index (χ0v) is 12.2. The second-order valence-corrected chi connectivity index (χ2v) is 5.24. The van der Waals surface area contributed by atoms with E-state index in [9.17, 15) is 5.26 Å². The Morgan fingerprint density at radius 3 is 2.74 bits per heavy atom. The lowest BCUT2D eigenvalue weighted by Gasteiger charge is -2.27. The van der Waals surface area contributed by atoms with Gasteiger partial charge in [0.15, 0.2) is 0 Å². The number of likely N-dealkylation sites (N-methyl/N-ethyl adjacent to an activating group) is 1. The van der Waals surface area contributed by atoms with Crippen LogP contribution in [0.15, 0.2) is 18.2 Å². The molecule has 1 heterocycles. The van der Waals surface area contributed by atoms with Gasteiger partial charge in [-0.2, -0.15) is 5.26 Å². The molecule has 0 spiro atoms. The monoisotopic (exact) mass is 257 g/mol. The van der Waals surface area contributed by atoms with Crippen LogP contribution < -0.4 is 4.90 Å². The number of aryl methyl sites for hydroxylation is 1. The molecule has 19 heavy (non-hydrogen) atoms.